The molecule has 0 aliphatic rings. The molecule has 0 saturated heterocycles. The van der Waals surface area contributed by atoms with Gasteiger partial charge in [-0.3, -0.25) is 4.79 Å². The van der Waals surface area contributed by atoms with Gasteiger partial charge in [-0.25, -0.2) is 9.59 Å². The van der Waals surface area contributed by atoms with Crippen LogP contribution in [0.25, 0.3) is 21.1 Å². The first-order chi connectivity index (χ1) is 13.9. The summed E-state index contributed by atoms with van der Waals surface area (Å²) < 4.78 is 11.0. The Labute approximate surface area is 168 Å². The van der Waals surface area contributed by atoms with Crippen LogP contribution in [0.15, 0.2) is 57.7 Å². The van der Waals surface area contributed by atoms with E-state index in [4.69, 9.17) is 14.3 Å². The fourth-order valence-electron chi connectivity index (χ4n) is 3.08. The van der Waals surface area contributed by atoms with Crippen LogP contribution < -0.4 is 15.3 Å². The molecular weight excluding hydrogens is 394 g/mol. The summed E-state index contributed by atoms with van der Waals surface area (Å²) in [6.07, 6.45) is 0. The number of rotatable bonds is 4. The van der Waals surface area contributed by atoms with Crippen molar-refractivity contribution in [1.82, 2.24) is 0 Å². The predicted octanol–water partition coefficient (Wildman–Crippen LogP) is 3.99. The number of fused-ring (bicyclic) bond motifs is 2. The van der Waals surface area contributed by atoms with Gasteiger partial charge in [0.05, 0.1) is 11.8 Å². The molecular formula is C21H15NO6S. The molecule has 0 aliphatic carbocycles. The normalized spacial score (nSPS) is 11.0. The van der Waals surface area contributed by atoms with Crippen LogP contribution in [0, 0.1) is 0 Å². The molecule has 29 heavy (non-hydrogen) atoms. The van der Waals surface area contributed by atoms with Crippen molar-refractivity contribution in [2.75, 3.05) is 19.1 Å². The van der Waals surface area contributed by atoms with Gasteiger partial charge in [-0.2, -0.15) is 0 Å². The van der Waals surface area contributed by atoms with Gasteiger partial charge in [0, 0.05) is 24.1 Å². The lowest BCUT2D eigenvalue weighted by molar-refractivity contribution is 0.0692. The molecule has 0 fully saturated rings. The second-order valence-corrected chi connectivity index (χ2v) is 7.39. The zero-order valence-corrected chi connectivity index (χ0v) is 16.3. The topological polar surface area (TPSA) is 97.0 Å². The second kappa shape index (κ2) is 7.06. The third-order valence-electron chi connectivity index (χ3n) is 4.57. The summed E-state index contributed by atoms with van der Waals surface area (Å²) in [6.45, 7) is 0. The molecule has 146 valence electrons. The predicted molar refractivity (Wildman–Crippen MR) is 111 cm³/mol. The zero-order chi connectivity index (χ0) is 20.7. The van der Waals surface area contributed by atoms with E-state index in [0.29, 0.717) is 21.0 Å². The van der Waals surface area contributed by atoms with Crippen molar-refractivity contribution in [1.29, 1.82) is 0 Å². The van der Waals surface area contributed by atoms with Crippen LogP contribution in [0.2, 0.25) is 0 Å². The number of ether oxygens (including phenoxy) is 1. The van der Waals surface area contributed by atoms with Crippen molar-refractivity contribution in [3.8, 4) is 5.75 Å². The number of methoxy groups -OCH3 is 1. The lowest BCUT2D eigenvalue weighted by Gasteiger charge is -2.16. The molecule has 2 aromatic carbocycles. The molecule has 7 nitrogen and oxygen atoms in total. The Morgan fingerprint density at radius 2 is 1.90 bits per heavy atom. The van der Waals surface area contributed by atoms with Crippen molar-refractivity contribution in [3.63, 3.8) is 0 Å². The third-order valence-corrected chi connectivity index (χ3v) is 5.71. The van der Waals surface area contributed by atoms with Crippen LogP contribution in [-0.2, 0) is 0 Å². The summed E-state index contributed by atoms with van der Waals surface area (Å²) in [5, 5.41) is 11.4. The number of benzene rings is 2. The van der Waals surface area contributed by atoms with Crippen LogP contribution >= 0.6 is 11.3 Å². The quantitative estimate of drug-likeness (QED) is 0.547. The summed E-state index contributed by atoms with van der Waals surface area (Å²) in [5.41, 5.74) is -0.703. The highest BCUT2D eigenvalue weighted by Crippen LogP contribution is 2.34. The summed E-state index contributed by atoms with van der Waals surface area (Å²) in [7, 11) is 3.15. The standard InChI is InChI=1S/C21H15NO6S/c1-22(18-10-16-17(29-18)9-14(20(24)25)21(26)28-16)19(23)12-7-11-5-3-4-6-13(11)15(8-12)27-2/h3-10H,1-2H3,(H,24,25). The molecule has 0 unspecified atom stereocenters. The van der Waals surface area contributed by atoms with Crippen molar-refractivity contribution in [3.05, 3.63) is 70.1 Å². The number of carboxylic acid groups (broad SMARTS) is 1. The monoisotopic (exact) mass is 409 g/mol. The van der Waals surface area contributed by atoms with Gasteiger partial charge in [0.1, 0.15) is 16.3 Å². The zero-order valence-electron chi connectivity index (χ0n) is 15.5. The fraction of sp³-hybridized carbons (Fsp3) is 0.0952. The van der Waals surface area contributed by atoms with Gasteiger partial charge >= 0.3 is 11.6 Å². The van der Waals surface area contributed by atoms with E-state index in [1.54, 1.807) is 32.4 Å². The summed E-state index contributed by atoms with van der Waals surface area (Å²) in [6, 6.07) is 13.9. The number of thiophene rings is 1. The van der Waals surface area contributed by atoms with Crippen molar-refractivity contribution < 1.29 is 23.8 Å². The Kier molecular flexibility index (Phi) is 4.56. The van der Waals surface area contributed by atoms with E-state index in [0.717, 1.165) is 22.1 Å². The maximum Gasteiger partial charge on any atom is 0.351 e. The van der Waals surface area contributed by atoms with Gasteiger partial charge in [0.25, 0.3) is 5.91 Å². The van der Waals surface area contributed by atoms with Gasteiger partial charge in [-0.15, -0.1) is 11.3 Å². The smallest absolute Gasteiger partial charge is 0.351 e. The van der Waals surface area contributed by atoms with Crippen LogP contribution in [0.3, 0.4) is 0 Å². The summed E-state index contributed by atoms with van der Waals surface area (Å²) in [4.78, 5) is 37.4. The molecule has 0 saturated carbocycles. The Balaban J connectivity index is 1.75. The number of carbonyl (C=O) groups excluding carboxylic acids is 1. The SMILES string of the molecule is COc1cc(C(=O)N(C)c2cc3oc(=O)c(C(=O)O)cc3s2)cc2ccccc12. The molecule has 1 N–H and O–H groups in total. The van der Waals surface area contributed by atoms with E-state index in [1.807, 2.05) is 24.3 Å². The third kappa shape index (κ3) is 3.23. The van der Waals surface area contributed by atoms with E-state index in [1.165, 1.54) is 11.0 Å². The van der Waals surface area contributed by atoms with Gasteiger partial charge < -0.3 is 19.2 Å². The Morgan fingerprint density at radius 1 is 1.14 bits per heavy atom. The first kappa shape index (κ1) is 18.7. The molecule has 0 atom stereocenters. The Hall–Kier alpha value is -3.65. The maximum absolute atomic E-state index is 13.1. The highest BCUT2D eigenvalue weighted by molar-refractivity contribution is 7.22. The Morgan fingerprint density at radius 3 is 2.62 bits per heavy atom. The number of aromatic carboxylic acids is 1. The van der Waals surface area contributed by atoms with Crippen LogP contribution in [0.4, 0.5) is 5.00 Å². The number of hydrogen-bond donors (Lipinski definition) is 1. The fourth-order valence-corrected chi connectivity index (χ4v) is 4.07. The molecule has 1 amide bonds. The number of anilines is 1. The number of hydrogen-bond acceptors (Lipinski definition) is 6. The largest absolute Gasteiger partial charge is 0.496 e. The van der Waals surface area contributed by atoms with Crippen LogP contribution in [0.5, 0.6) is 5.75 Å². The average Bonchev–Trinajstić information content (AvgIpc) is 3.13. The molecule has 0 radical (unpaired) electrons. The molecule has 8 heteroatoms. The summed E-state index contributed by atoms with van der Waals surface area (Å²) >= 11 is 1.16. The van der Waals surface area contributed by atoms with Crippen molar-refractivity contribution in [2.24, 2.45) is 0 Å². The minimum Gasteiger partial charge on any atom is -0.496 e. The number of amides is 1. The number of nitrogens with zero attached hydrogens (tertiary/aromatic N) is 1. The van der Waals surface area contributed by atoms with Gasteiger partial charge in [-0.05, 0) is 23.6 Å². The second-order valence-electron chi connectivity index (χ2n) is 6.33. The minimum atomic E-state index is -1.36. The lowest BCUT2D eigenvalue weighted by atomic mass is 10.1. The average molecular weight is 409 g/mol. The van der Waals surface area contributed by atoms with Crippen LogP contribution in [0.1, 0.15) is 20.7 Å². The van der Waals surface area contributed by atoms with E-state index in [-0.39, 0.29) is 11.5 Å². The molecule has 0 spiro atoms. The number of carboxylic acids is 1. The highest BCUT2D eigenvalue weighted by atomic mass is 32.1. The van der Waals surface area contributed by atoms with Crippen molar-refractivity contribution in [2.45, 2.75) is 0 Å². The van der Waals surface area contributed by atoms with E-state index < -0.39 is 17.2 Å². The summed E-state index contributed by atoms with van der Waals surface area (Å²) in [5.74, 6) is -1.04. The van der Waals surface area contributed by atoms with E-state index in [2.05, 4.69) is 0 Å². The molecule has 0 aliphatic heterocycles. The van der Waals surface area contributed by atoms with E-state index in [9.17, 15) is 14.4 Å². The highest BCUT2D eigenvalue weighted by Gasteiger charge is 2.20. The van der Waals surface area contributed by atoms with Crippen LogP contribution in [-0.4, -0.2) is 31.1 Å². The van der Waals surface area contributed by atoms with Gasteiger partial charge in [0.15, 0.2) is 5.58 Å². The lowest BCUT2D eigenvalue weighted by Crippen LogP contribution is -2.25. The first-order valence-corrected chi connectivity index (χ1v) is 9.36. The molecule has 4 rings (SSSR count). The first-order valence-electron chi connectivity index (χ1n) is 8.55. The molecule has 2 aromatic heterocycles. The maximum atomic E-state index is 13.1. The minimum absolute atomic E-state index is 0.232. The molecule has 4 aromatic rings. The van der Waals surface area contributed by atoms with Gasteiger partial charge in [0.2, 0.25) is 0 Å². The number of carbonyl (C=O) groups is 2. The van der Waals surface area contributed by atoms with Gasteiger partial charge in [-0.1, -0.05) is 24.3 Å². The van der Waals surface area contributed by atoms with E-state index >= 15 is 0 Å². The Bertz CT molecular complexity index is 1340. The molecule has 0 bridgehead atoms. The van der Waals surface area contributed by atoms with Crippen molar-refractivity contribution >= 4 is 49.3 Å². The molecule has 2 heterocycles.